The first kappa shape index (κ1) is 107. The van der Waals surface area contributed by atoms with Crippen LogP contribution < -0.4 is 5.32 Å². The van der Waals surface area contributed by atoms with Gasteiger partial charge in [-0.05, 0) is 321 Å². The molecule has 0 spiro atoms. The van der Waals surface area contributed by atoms with E-state index in [0.717, 1.165) is 157 Å². The summed E-state index contributed by atoms with van der Waals surface area (Å²) in [5.74, 6) is 6.67. The van der Waals surface area contributed by atoms with Crippen molar-refractivity contribution in [2.45, 2.75) is 191 Å². The fourth-order valence-corrected chi connectivity index (χ4v) is 19.6. The van der Waals surface area contributed by atoms with E-state index in [-0.39, 0.29) is 11.9 Å². The Morgan fingerprint density at radius 1 is 0.397 bits per heavy atom. The highest BCUT2D eigenvalue weighted by Gasteiger charge is 2.36. The molecule has 13 rings (SSSR count). The summed E-state index contributed by atoms with van der Waals surface area (Å²) in [4.78, 5) is 32.2. The van der Waals surface area contributed by atoms with Crippen molar-refractivity contribution >= 4 is 33.4 Å². The summed E-state index contributed by atoms with van der Waals surface area (Å²) in [6.07, 6.45) is 18.9. The molecule has 131 heavy (non-hydrogen) atoms. The highest BCUT2D eigenvalue weighted by atomic mass is 79.9. The van der Waals surface area contributed by atoms with Crippen LogP contribution in [-0.4, -0.2) is 180 Å². The van der Waals surface area contributed by atoms with E-state index in [9.17, 15) is 4.79 Å². The summed E-state index contributed by atoms with van der Waals surface area (Å²) in [7, 11) is 21.4. The molecule has 4 unspecified atom stereocenters. The van der Waals surface area contributed by atoms with Gasteiger partial charge in [-0.1, -0.05) is 333 Å². The molecule has 706 valence electrons. The zero-order valence-corrected chi connectivity index (χ0v) is 86.4. The minimum atomic E-state index is -0.0250. The van der Waals surface area contributed by atoms with Gasteiger partial charge in [0.25, 0.3) is 5.91 Å². The van der Waals surface area contributed by atoms with Gasteiger partial charge in [0.15, 0.2) is 0 Å². The molecule has 6 atom stereocenters. The summed E-state index contributed by atoms with van der Waals surface area (Å²) in [6, 6.07) is 90.0. The molecule has 1 amide bonds. The fraction of sp³-hybridized carbons (Fsp3) is 0.471. The molecule has 0 aromatic heterocycles. The van der Waals surface area contributed by atoms with E-state index in [1.165, 1.54) is 128 Å². The molecule has 3 aliphatic rings. The van der Waals surface area contributed by atoms with E-state index in [2.05, 4.69) is 398 Å². The van der Waals surface area contributed by atoms with Gasteiger partial charge in [0.05, 0.1) is 0 Å². The molecule has 10 nitrogen and oxygen atoms in total. The second-order valence-electron chi connectivity index (χ2n) is 41.6. The normalized spacial score (nSPS) is 15.7. The van der Waals surface area contributed by atoms with Gasteiger partial charge in [-0.3, -0.25) is 19.5 Å². The number of carbonyl (C=O) groups is 1. The van der Waals surface area contributed by atoms with Gasteiger partial charge in [-0.2, -0.15) is 0 Å². The number of amides is 1. The van der Waals surface area contributed by atoms with Gasteiger partial charge >= 0.3 is 0 Å². The Bertz CT molecular complexity index is 4860. The highest BCUT2D eigenvalue weighted by Crippen LogP contribution is 2.44. The lowest BCUT2D eigenvalue weighted by atomic mass is 9.89. The van der Waals surface area contributed by atoms with E-state index >= 15 is 0 Å². The van der Waals surface area contributed by atoms with Gasteiger partial charge < -0.3 is 29.8 Å². The van der Waals surface area contributed by atoms with E-state index < -0.39 is 0 Å². The Balaban J connectivity index is 0.000000185. The van der Waals surface area contributed by atoms with Crippen molar-refractivity contribution in [3.8, 4) is 11.1 Å². The highest BCUT2D eigenvalue weighted by molar-refractivity contribution is 9.10. The van der Waals surface area contributed by atoms with Gasteiger partial charge in [-0.25, -0.2) is 0 Å². The maximum absolute atomic E-state index is 13.1. The van der Waals surface area contributed by atoms with Crippen LogP contribution in [0.1, 0.15) is 177 Å². The number of hydrogen-bond acceptors (Lipinski definition) is 9. The second kappa shape index (κ2) is 56.3. The SMILES string of the molecule is CC(C)Cc1cccc(-c2cccc(C(=O)N[C@@H](Cc3ccccc3)CN(C)C)c2)c1.CC(C)Cc1cccc(CC(CCN(C)C)Cc2ccccc2Br)c1.CC(C)Cc1cccc(CN(CCN(C)C)CC2CC3C=CC2C3)c1.CC(C)Cc1cccc(CN(CCN(C)C)Cc2ccccc2Cl)c1.CC(C)Cc1cccc(CN2Cc3ccccc3C[C@H]2CN(C)C)c1. The summed E-state index contributed by atoms with van der Waals surface area (Å²) < 4.78 is 1.23. The van der Waals surface area contributed by atoms with Crippen molar-refractivity contribution in [2.75, 3.05) is 123 Å². The predicted octanol–water partition coefficient (Wildman–Crippen LogP) is 25.4. The number of benzene rings is 10. The molecule has 12 heteroatoms. The first-order valence-electron chi connectivity index (χ1n) is 49.3. The minimum absolute atomic E-state index is 0.0250. The molecule has 1 fully saturated rings. The van der Waals surface area contributed by atoms with Crippen LogP contribution in [0.25, 0.3) is 11.1 Å². The predicted molar refractivity (Wildman–Crippen MR) is 567 cm³/mol. The van der Waals surface area contributed by atoms with Gasteiger partial charge in [0.2, 0.25) is 0 Å². The average Bonchev–Trinajstić information content (AvgIpc) is 1.46. The van der Waals surface area contributed by atoms with Crippen molar-refractivity contribution in [3.63, 3.8) is 0 Å². The molecule has 1 heterocycles. The van der Waals surface area contributed by atoms with Crippen molar-refractivity contribution in [1.29, 1.82) is 0 Å². The third kappa shape index (κ3) is 40.1. The van der Waals surface area contributed by atoms with Crippen LogP contribution in [-0.2, 0) is 90.5 Å². The van der Waals surface area contributed by atoms with E-state index in [1.54, 1.807) is 0 Å². The van der Waals surface area contributed by atoms with E-state index in [4.69, 9.17) is 11.6 Å². The maximum Gasteiger partial charge on any atom is 0.251 e. The number of nitrogens with zero attached hydrogens (tertiary/aromatic N) is 8. The number of carbonyl (C=O) groups excluding carboxylic acids is 1. The lowest BCUT2D eigenvalue weighted by Gasteiger charge is -2.38. The van der Waals surface area contributed by atoms with Crippen LogP contribution in [0.3, 0.4) is 0 Å². The molecule has 0 radical (unpaired) electrons. The number of allylic oxidation sites excluding steroid dienone is 2. The lowest BCUT2D eigenvalue weighted by molar-refractivity contribution is 0.0930. The maximum atomic E-state index is 13.1. The van der Waals surface area contributed by atoms with Crippen LogP contribution in [0.15, 0.2) is 265 Å². The van der Waals surface area contributed by atoms with Crippen molar-refractivity contribution in [2.24, 2.45) is 53.3 Å². The molecule has 10 aromatic rings. The molecule has 10 aromatic carbocycles. The molecule has 1 aliphatic heterocycles. The molecule has 1 saturated carbocycles. The summed E-state index contributed by atoms with van der Waals surface area (Å²) >= 11 is 10.1. The molecule has 1 N–H and O–H groups in total. The van der Waals surface area contributed by atoms with Crippen molar-refractivity contribution in [3.05, 3.63) is 354 Å². The largest absolute Gasteiger partial charge is 0.348 e. The first-order chi connectivity index (χ1) is 62.8. The topological polar surface area (TPSA) is 55.0 Å². The Morgan fingerprint density at radius 2 is 0.855 bits per heavy atom. The van der Waals surface area contributed by atoms with Crippen molar-refractivity contribution < 1.29 is 4.79 Å². The third-order valence-electron chi connectivity index (χ3n) is 25.0. The molecule has 0 saturated heterocycles. The minimum Gasteiger partial charge on any atom is -0.348 e. The Kier molecular flexibility index (Phi) is 45.8. The second-order valence-corrected chi connectivity index (χ2v) is 42.9. The average molecular weight is 1850 g/mol. The molecular weight excluding hydrogens is 1690 g/mol. The van der Waals surface area contributed by atoms with Gasteiger partial charge in [0.1, 0.15) is 0 Å². The zero-order valence-electron chi connectivity index (χ0n) is 84.1. The third-order valence-corrected chi connectivity index (χ3v) is 26.2. The number of fused-ring (bicyclic) bond motifs is 3. The number of halogens is 2. The van der Waals surface area contributed by atoms with Crippen LogP contribution in [0.2, 0.25) is 5.02 Å². The summed E-state index contributed by atoms with van der Waals surface area (Å²) in [5.41, 5.74) is 22.8. The number of rotatable bonds is 42. The van der Waals surface area contributed by atoms with Gasteiger partial charge in [0, 0.05) is 106 Å². The van der Waals surface area contributed by atoms with E-state index in [1.807, 2.05) is 62.6 Å². The van der Waals surface area contributed by atoms with Crippen LogP contribution in [0, 0.1) is 53.3 Å². The Labute approximate surface area is 809 Å². The zero-order chi connectivity index (χ0) is 94.3. The fourth-order valence-electron chi connectivity index (χ4n) is 18.9. The molecule has 2 aliphatic carbocycles. The van der Waals surface area contributed by atoms with Crippen molar-refractivity contribution in [1.82, 2.24) is 44.5 Å². The smallest absolute Gasteiger partial charge is 0.251 e. The summed E-state index contributed by atoms with van der Waals surface area (Å²) in [6.45, 7) is 36.5. The number of nitrogens with one attached hydrogen (secondary N) is 1. The number of likely N-dealkylation sites (N-methyl/N-ethyl adjacent to an activating group) is 4. The lowest BCUT2D eigenvalue weighted by Crippen LogP contribution is -2.45. The Morgan fingerprint density at radius 3 is 1.38 bits per heavy atom. The molecule has 2 bridgehead atoms. The van der Waals surface area contributed by atoms with Crippen LogP contribution in [0.5, 0.6) is 0 Å². The summed E-state index contributed by atoms with van der Waals surface area (Å²) in [5, 5.41) is 4.10. The molecular formula is C119H165BrClN9O. The van der Waals surface area contributed by atoms with Gasteiger partial charge in [-0.15, -0.1) is 0 Å². The standard InChI is InChI=1S/C28H34N2O.C23H32BrN.C23H32N2.C23H36N2.C22H31ClN2/c1-21(2)16-23-12-8-13-24(17-23)25-14-9-15-26(19-25)28(31)29-27(20-30(3)4)18-22-10-6-5-7-11-22;1-18(2)14-19-8-7-9-20(15-19)16-21(12-13-25(3)4)17-22-10-5-6-11-23(22)24;1-18(2)12-19-8-7-9-20(13-19)15-25-16-22-11-6-5-10-21(22)14-23(25)17-24(3)4;1-18(2)12-19-6-5-7-21(13-19)16-25(11-10-24(3)4)17-23-15-20-8-9-22(23)14-20;1-18(2)14-19-8-7-9-20(15-19)16-25(13-12-24(3)4)17-21-10-5-6-11-22(21)23/h5-15,17,19,21,27H,16,18,20H2,1-4H3,(H,29,31);5-11,15,18,21H,12-14,16-17H2,1-4H3;5-11,13,18,23H,12,14-17H2,1-4H3;5-9,13,18,20,22-23H,10-12,14-17H2,1-4H3;5-11,15,18H,12-14,16-17H2,1-4H3/t27-;;23-;;/m0.0../s1. The van der Waals surface area contributed by atoms with Crippen LogP contribution >= 0.6 is 27.5 Å². The monoisotopic (exact) mass is 1850 g/mol. The van der Waals surface area contributed by atoms with E-state index in [0.29, 0.717) is 41.2 Å². The van der Waals surface area contributed by atoms with Crippen LogP contribution in [0.4, 0.5) is 0 Å². The quantitative estimate of drug-likeness (QED) is 0.0377. The number of hydrogen-bond donors (Lipinski definition) is 1. The first-order valence-corrected chi connectivity index (χ1v) is 50.5. The Hall–Kier alpha value is -8.14.